The third-order valence-corrected chi connectivity index (χ3v) is 4.34. The average Bonchev–Trinajstić information content (AvgIpc) is 2.54. The number of benzene rings is 4. The molecule has 2 heteroatoms. The molecule has 0 heterocycles. The van der Waals surface area contributed by atoms with Crippen molar-refractivity contribution in [2.45, 2.75) is 0 Å². The Hall–Kier alpha value is -2.25. The highest BCUT2D eigenvalue weighted by Gasteiger charge is 2.11. The average molecular weight is 293 g/mol. The zero-order valence-corrected chi connectivity index (χ0v) is 12.3. The van der Waals surface area contributed by atoms with Crippen molar-refractivity contribution in [1.82, 2.24) is 0 Å². The minimum absolute atomic E-state index is 0.751. The van der Waals surface area contributed by atoms with Gasteiger partial charge in [0.1, 0.15) is 5.75 Å². The predicted molar refractivity (Wildman–Crippen MR) is 90.5 cm³/mol. The van der Waals surface area contributed by atoms with Crippen LogP contribution in [0.1, 0.15) is 0 Å². The van der Waals surface area contributed by atoms with E-state index in [0.29, 0.717) is 0 Å². The third kappa shape index (κ3) is 1.78. The van der Waals surface area contributed by atoms with E-state index in [9.17, 15) is 0 Å². The largest absolute Gasteiger partial charge is 0.496 e. The summed E-state index contributed by atoms with van der Waals surface area (Å²) in [4.78, 5) is 0. The molecule has 102 valence electrons. The molecule has 0 amide bonds. The van der Waals surface area contributed by atoms with E-state index in [0.717, 1.165) is 21.5 Å². The van der Waals surface area contributed by atoms with Gasteiger partial charge in [-0.1, -0.05) is 60.1 Å². The van der Waals surface area contributed by atoms with Gasteiger partial charge in [-0.2, -0.15) is 0 Å². The maximum Gasteiger partial charge on any atom is 0.127 e. The second kappa shape index (κ2) is 4.64. The van der Waals surface area contributed by atoms with Crippen LogP contribution in [-0.4, -0.2) is 7.11 Å². The summed E-state index contributed by atoms with van der Waals surface area (Å²) in [6.07, 6.45) is 0. The smallest absolute Gasteiger partial charge is 0.127 e. The number of fused-ring (bicyclic) bond motifs is 5. The topological polar surface area (TPSA) is 9.23 Å². The fourth-order valence-electron chi connectivity index (χ4n) is 3.04. The minimum Gasteiger partial charge on any atom is -0.496 e. The van der Waals surface area contributed by atoms with Gasteiger partial charge in [-0.05, 0) is 28.3 Å². The molecule has 0 unspecified atom stereocenters. The fraction of sp³-hybridized carbons (Fsp3) is 0.0526. The van der Waals surface area contributed by atoms with Crippen LogP contribution in [-0.2, 0) is 0 Å². The molecule has 0 atom stereocenters. The van der Waals surface area contributed by atoms with Gasteiger partial charge in [0.2, 0.25) is 0 Å². The van der Waals surface area contributed by atoms with Crippen LogP contribution in [0.2, 0.25) is 5.02 Å². The maximum absolute atomic E-state index is 6.38. The summed E-state index contributed by atoms with van der Waals surface area (Å²) >= 11 is 6.38. The molecule has 4 rings (SSSR count). The number of methoxy groups -OCH3 is 1. The lowest BCUT2D eigenvalue weighted by atomic mass is 9.96. The summed E-state index contributed by atoms with van der Waals surface area (Å²) in [6.45, 7) is 0. The summed E-state index contributed by atoms with van der Waals surface area (Å²) in [5, 5.41) is 7.70. The Bertz CT molecular complexity index is 989. The first-order valence-corrected chi connectivity index (χ1v) is 7.24. The summed E-state index contributed by atoms with van der Waals surface area (Å²) in [7, 11) is 1.70. The summed E-state index contributed by atoms with van der Waals surface area (Å²) < 4.78 is 5.58. The standard InChI is InChI=1S/C19H13ClO/c1-21-17-11-10-16(20)15-9-8-13-7-6-12-4-2-3-5-14(12)18(13)19(15)17/h2-11H,1H3. The van der Waals surface area contributed by atoms with Crippen LogP contribution in [0.5, 0.6) is 5.75 Å². The second-order valence-electron chi connectivity index (χ2n) is 5.12. The Morgan fingerprint density at radius 3 is 2.33 bits per heavy atom. The van der Waals surface area contributed by atoms with Crippen molar-refractivity contribution in [1.29, 1.82) is 0 Å². The summed E-state index contributed by atoms with van der Waals surface area (Å²) in [5.41, 5.74) is 0. The van der Waals surface area contributed by atoms with Gasteiger partial charge in [-0.3, -0.25) is 0 Å². The molecular formula is C19H13ClO. The quantitative estimate of drug-likeness (QED) is 0.402. The van der Waals surface area contributed by atoms with Crippen LogP contribution in [0.25, 0.3) is 32.3 Å². The molecule has 1 nitrogen and oxygen atoms in total. The molecule has 0 aliphatic rings. The normalized spacial score (nSPS) is 11.3. The summed E-state index contributed by atoms with van der Waals surface area (Å²) in [5.74, 6) is 0.858. The van der Waals surface area contributed by atoms with Crippen molar-refractivity contribution < 1.29 is 4.74 Å². The molecule has 0 aliphatic carbocycles. The Morgan fingerprint density at radius 2 is 1.48 bits per heavy atom. The van der Waals surface area contributed by atoms with Gasteiger partial charge in [0.25, 0.3) is 0 Å². The predicted octanol–water partition coefficient (Wildman–Crippen LogP) is 5.81. The second-order valence-corrected chi connectivity index (χ2v) is 5.53. The van der Waals surface area contributed by atoms with Crippen molar-refractivity contribution in [2.75, 3.05) is 7.11 Å². The SMILES string of the molecule is COc1ccc(Cl)c2ccc3ccc4ccccc4c3c12. The molecule has 0 radical (unpaired) electrons. The van der Waals surface area contributed by atoms with Crippen LogP contribution >= 0.6 is 11.6 Å². The molecule has 0 aromatic heterocycles. The van der Waals surface area contributed by atoms with E-state index in [1.807, 2.05) is 12.1 Å². The van der Waals surface area contributed by atoms with E-state index in [1.165, 1.54) is 21.5 Å². The third-order valence-electron chi connectivity index (χ3n) is 4.01. The molecule has 4 aromatic carbocycles. The Labute approximate surface area is 127 Å². The first-order valence-electron chi connectivity index (χ1n) is 6.86. The van der Waals surface area contributed by atoms with Gasteiger partial charge in [0, 0.05) is 21.2 Å². The van der Waals surface area contributed by atoms with Gasteiger partial charge in [0.05, 0.1) is 7.11 Å². The minimum atomic E-state index is 0.751. The zero-order chi connectivity index (χ0) is 14.4. The molecule has 0 spiro atoms. The molecule has 4 aromatic rings. The molecule has 0 saturated heterocycles. The Balaban J connectivity index is 2.37. The van der Waals surface area contributed by atoms with E-state index in [2.05, 4.69) is 48.5 Å². The zero-order valence-electron chi connectivity index (χ0n) is 11.6. The van der Waals surface area contributed by atoms with E-state index in [-0.39, 0.29) is 0 Å². The lowest BCUT2D eigenvalue weighted by Crippen LogP contribution is -1.88. The van der Waals surface area contributed by atoms with E-state index >= 15 is 0 Å². The monoisotopic (exact) mass is 292 g/mol. The lowest BCUT2D eigenvalue weighted by Gasteiger charge is -2.12. The molecular weight excluding hydrogens is 280 g/mol. The lowest BCUT2D eigenvalue weighted by molar-refractivity contribution is 0.420. The highest BCUT2D eigenvalue weighted by molar-refractivity contribution is 6.37. The Kier molecular flexibility index (Phi) is 2.76. The van der Waals surface area contributed by atoms with Gasteiger partial charge in [-0.25, -0.2) is 0 Å². The molecule has 0 N–H and O–H groups in total. The molecule has 0 bridgehead atoms. The van der Waals surface area contributed by atoms with Gasteiger partial charge >= 0.3 is 0 Å². The highest BCUT2D eigenvalue weighted by Crippen LogP contribution is 2.39. The molecule has 0 saturated carbocycles. The fourth-order valence-corrected chi connectivity index (χ4v) is 3.26. The van der Waals surface area contributed by atoms with E-state index in [4.69, 9.17) is 16.3 Å². The van der Waals surface area contributed by atoms with Crippen LogP contribution in [0.4, 0.5) is 0 Å². The molecule has 21 heavy (non-hydrogen) atoms. The molecule has 0 fully saturated rings. The first kappa shape index (κ1) is 12.5. The summed E-state index contributed by atoms with van der Waals surface area (Å²) in [6, 6.07) is 20.7. The number of ether oxygens (including phenoxy) is 1. The van der Waals surface area contributed by atoms with Gasteiger partial charge < -0.3 is 4.74 Å². The van der Waals surface area contributed by atoms with Crippen LogP contribution in [0, 0.1) is 0 Å². The van der Waals surface area contributed by atoms with Crippen LogP contribution in [0.15, 0.2) is 60.7 Å². The number of hydrogen-bond acceptors (Lipinski definition) is 1. The number of hydrogen-bond donors (Lipinski definition) is 0. The van der Waals surface area contributed by atoms with E-state index in [1.54, 1.807) is 7.11 Å². The van der Waals surface area contributed by atoms with Crippen molar-refractivity contribution in [3.8, 4) is 5.75 Å². The Morgan fingerprint density at radius 1 is 0.714 bits per heavy atom. The van der Waals surface area contributed by atoms with Crippen molar-refractivity contribution >= 4 is 43.9 Å². The van der Waals surface area contributed by atoms with E-state index < -0.39 is 0 Å². The van der Waals surface area contributed by atoms with Gasteiger partial charge in [0.15, 0.2) is 0 Å². The van der Waals surface area contributed by atoms with Crippen molar-refractivity contribution in [3.63, 3.8) is 0 Å². The van der Waals surface area contributed by atoms with Crippen molar-refractivity contribution in [3.05, 3.63) is 65.7 Å². The number of rotatable bonds is 1. The van der Waals surface area contributed by atoms with Crippen molar-refractivity contribution in [2.24, 2.45) is 0 Å². The highest BCUT2D eigenvalue weighted by atomic mass is 35.5. The van der Waals surface area contributed by atoms with Crippen LogP contribution < -0.4 is 4.74 Å². The maximum atomic E-state index is 6.38. The molecule has 0 aliphatic heterocycles. The van der Waals surface area contributed by atoms with Crippen LogP contribution in [0.3, 0.4) is 0 Å². The van der Waals surface area contributed by atoms with Gasteiger partial charge in [-0.15, -0.1) is 0 Å². The first-order chi connectivity index (χ1) is 10.3. The number of halogens is 1.